The molecule has 0 fully saturated rings. The lowest BCUT2D eigenvalue weighted by Gasteiger charge is -2.15. The topological polar surface area (TPSA) is 50.4 Å². The van der Waals surface area contributed by atoms with Crippen LogP contribution in [-0.2, 0) is 6.18 Å². The fourth-order valence-corrected chi connectivity index (χ4v) is 2.48. The number of benzene rings is 2. The van der Waals surface area contributed by atoms with Gasteiger partial charge in [0.15, 0.2) is 5.11 Å². The Morgan fingerprint density at radius 2 is 1.93 bits per heavy atom. The maximum absolute atomic E-state index is 12.8. The molecule has 0 atom stereocenters. The molecule has 0 aromatic heterocycles. The lowest BCUT2D eigenvalue weighted by atomic mass is 10.2. The molecule has 0 heterocycles. The van der Waals surface area contributed by atoms with E-state index in [0.29, 0.717) is 12.4 Å². The third-order valence-electron chi connectivity index (χ3n) is 3.36. The van der Waals surface area contributed by atoms with Gasteiger partial charge >= 0.3 is 6.18 Å². The first kappa shape index (κ1) is 21.0. The van der Waals surface area contributed by atoms with E-state index in [0.717, 1.165) is 24.6 Å². The number of hydrogen-bond acceptors (Lipinski definition) is 3. The molecule has 0 unspecified atom stereocenters. The van der Waals surface area contributed by atoms with Crippen LogP contribution < -0.4 is 15.4 Å². The molecule has 0 bridgehead atoms. The van der Waals surface area contributed by atoms with Gasteiger partial charge in [-0.1, -0.05) is 30.7 Å². The average Bonchev–Trinajstić information content (AvgIpc) is 2.61. The summed E-state index contributed by atoms with van der Waals surface area (Å²) in [4.78, 5) is 12.4. The predicted molar refractivity (Wildman–Crippen MR) is 102 cm³/mol. The first-order valence-electron chi connectivity index (χ1n) is 7.93. The van der Waals surface area contributed by atoms with Crippen LogP contribution in [0.2, 0.25) is 5.02 Å². The highest BCUT2D eigenvalue weighted by atomic mass is 35.5. The number of halogens is 4. The van der Waals surface area contributed by atoms with Crippen LogP contribution in [0.15, 0.2) is 42.5 Å². The van der Waals surface area contributed by atoms with Gasteiger partial charge in [-0.25, -0.2) is 0 Å². The van der Waals surface area contributed by atoms with Gasteiger partial charge in [0.1, 0.15) is 5.75 Å². The van der Waals surface area contributed by atoms with Crippen molar-refractivity contribution in [2.24, 2.45) is 0 Å². The molecule has 144 valence electrons. The number of ether oxygens (including phenoxy) is 1. The van der Waals surface area contributed by atoms with Crippen LogP contribution in [0.5, 0.6) is 5.75 Å². The van der Waals surface area contributed by atoms with E-state index in [1.165, 1.54) is 0 Å². The van der Waals surface area contributed by atoms with E-state index < -0.39 is 17.6 Å². The molecule has 0 aliphatic carbocycles. The van der Waals surface area contributed by atoms with Crippen molar-refractivity contribution in [2.45, 2.75) is 19.5 Å². The fraction of sp³-hybridized carbons (Fsp3) is 0.222. The maximum atomic E-state index is 12.8. The highest BCUT2D eigenvalue weighted by Gasteiger charge is 2.31. The highest BCUT2D eigenvalue weighted by Crippen LogP contribution is 2.33. The first-order chi connectivity index (χ1) is 12.7. The van der Waals surface area contributed by atoms with Crippen molar-refractivity contribution in [3.63, 3.8) is 0 Å². The molecule has 2 N–H and O–H groups in total. The lowest BCUT2D eigenvalue weighted by Crippen LogP contribution is -2.34. The molecule has 0 saturated heterocycles. The summed E-state index contributed by atoms with van der Waals surface area (Å²) in [5, 5.41) is 4.77. The average molecular weight is 417 g/mol. The third kappa shape index (κ3) is 5.83. The molecule has 0 aliphatic heterocycles. The molecule has 9 heteroatoms. The monoisotopic (exact) mass is 416 g/mol. The zero-order chi connectivity index (χ0) is 20.0. The smallest absolute Gasteiger partial charge is 0.416 e. The number of carbonyl (C=O) groups is 1. The van der Waals surface area contributed by atoms with Crippen molar-refractivity contribution in [3.05, 3.63) is 58.6 Å². The number of rotatable bonds is 5. The summed E-state index contributed by atoms with van der Waals surface area (Å²) in [6.07, 6.45) is -3.76. The van der Waals surface area contributed by atoms with Crippen molar-refractivity contribution in [1.82, 2.24) is 5.32 Å². The number of alkyl halides is 3. The molecule has 0 spiro atoms. The van der Waals surface area contributed by atoms with Gasteiger partial charge < -0.3 is 10.1 Å². The molecule has 2 rings (SSSR count). The van der Waals surface area contributed by atoms with Gasteiger partial charge in [0.25, 0.3) is 5.91 Å². The van der Waals surface area contributed by atoms with E-state index in [1.54, 1.807) is 24.3 Å². The SMILES string of the molecule is CCCOc1ccccc1C(=O)NC(=S)Nc1cc(C(F)(F)F)ccc1Cl. The Bertz CT molecular complexity index is 844. The molecule has 0 aliphatic rings. The number of nitrogens with one attached hydrogen (secondary N) is 2. The summed E-state index contributed by atoms with van der Waals surface area (Å²) in [6, 6.07) is 9.36. The largest absolute Gasteiger partial charge is 0.493 e. The Labute approximate surface area is 164 Å². The van der Waals surface area contributed by atoms with Crippen molar-refractivity contribution >= 4 is 40.5 Å². The number of anilines is 1. The van der Waals surface area contributed by atoms with E-state index in [1.807, 2.05) is 6.92 Å². The Hall–Kier alpha value is -2.32. The molecule has 0 saturated carbocycles. The van der Waals surface area contributed by atoms with Gasteiger partial charge in [-0.3, -0.25) is 10.1 Å². The van der Waals surface area contributed by atoms with E-state index >= 15 is 0 Å². The number of carbonyl (C=O) groups excluding carboxylic acids is 1. The zero-order valence-corrected chi connectivity index (χ0v) is 15.8. The summed E-state index contributed by atoms with van der Waals surface area (Å²) < 4.78 is 44.0. The van der Waals surface area contributed by atoms with Gasteiger partial charge in [0, 0.05) is 0 Å². The predicted octanol–water partition coefficient (Wildman–Crippen LogP) is 5.27. The summed E-state index contributed by atoms with van der Waals surface area (Å²) in [7, 11) is 0. The van der Waals surface area contributed by atoms with Gasteiger partial charge in [-0.2, -0.15) is 13.2 Å². The summed E-state index contributed by atoms with van der Waals surface area (Å²) in [5.41, 5.74) is -0.695. The van der Waals surface area contributed by atoms with Gasteiger partial charge in [0.05, 0.1) is 28.4 Å². The van der Waals surface area contributed by atoms with Crippen LogP contribution in [0.4, 0.5) is 18.9 Å². The second kappa shape index (κ2) is 9.05. The molecule has 2 aromatic carbocycles. The third-order valence-corrected chi connectivity index (χ3v) is 3.90. The van der Waals surface area contributed by atoms with Crippen LogP contribution in [0.3, 0.4) is 0 Å². The molecular formula is C18H16ClF3N2O2S. The first-order valence-corrected chi connectivity index (χ1v) is 8.72. The number of para-hydroxylation sites is 1. The number of thiocarbonyl (C=S) groups is 1. The van der Waals surface area contributed by atoms with E-state index in [-0.39, 0.29) is 21.4 Å². The van der Waals surface area contributed by atoms with Crippen molar-refractivity contribution in [2.75, 3.05) is 11.9 Å². The van der Waals surface area contributed by atoms with Gasteiger partial charge in [0.2, 0.25) is 0 Å². The molecule has 0 radical (unpaired) electrons. The molecule has 27 heavy (non-hydrogen) atoms. The maximum Gasteiger partial charge on any atom is 0.416 e. The Morgan fingerprint density at radius 1 is 1.22 bits per heavy atom. The second-order valence-corrected chi connectivity index (χ2v) is 6.26. The number of hydrogen-bond donors (Lipinski definition) is 2. The molecule has 2 aromatic rings. The minimum atomic E-state index is -4.53. The second-order valence-electron chi connectivity index (χ2n) is 5.45. The standard InChI is InChI=1S/C18H16ClF3N2O2S/c1-2-9-26-15-6-4-3-5-12(15)16(25)24-17(27)23-14-10-11(18(20,21)22)7-8-13(14)19/h3-8,10H,2,9H2,1H3,(H2,23,24,25,27). The van der Waals surface area contributed by atoms with Crippen LogP contribution >= 0.6 is 23.8 Å². The minimum absolute atomic E-state index is 0.0336. The minimum Gasteiger partial charge on any atom is -0.493 e. The van der Waals surface area contributed by atoms with E-state index in [4.69, 9.17) is 28.6 Å². The van der Waals surface area contributed by atoms with E-state index in [2.05, 4.69) is 10.6 Å². The van der Waals surface area contributed by atoms with Crippen LogP contribution in [0.1, 0.15) is 29.3 Å². The van der Waals surface area contributed by atoms with Crippen LogP contribution in [0.25, 0.3) is 0 Å². The molecular weight excluding hydrogens is 401 g/mol. The zero-order valence-electron chi connectivity index (χ0n) is 14.2. The molecule has 4 nitrogen and oxygen atoms in total. The van der Waals surface area contributed by atoms with E-state index in [9.17, 15) is 18.0 Å². The van der Waals surface area contributed by atoms with Crippen molar-refractivity contribution in [3.8, 4) is 5.75 Å². The lowest BCUT2D eigenvalue weighted by molar-refractivity contribution is -0.137. The number of amides is 1. The summed E-state index contributed by atoms with van der Waals surface area (Å²) >= 11 is 10.9. The quantitative estimate of drug-likeness (QED) is 0.651. The normalized spacial score (nSPS) is 11.0. The van der Waals surface area contributed by atoms with Crippen LogP contribution in [0, 0.1) is 0 Å². The van der Waals surface area contributed by atoms with Crippen molar-refractivity contribution < 1.29 is 22.7 Å². The Morgan fingerprint density at radius 3 is 2.59 bits per heavy atom. The summed E-state index contributed by atoms with van der Waals surface area (Å²) in [6.45, 7) is 2.37. The highest BCUT2D eigenvalue weighted by molar-refractivity contribution is 7.80. The van der Waals surface area contributed by atoms with Crippen molar-refractivity contribution in [1.29, 1.82) is 0 Å². The Kier molecular flexibility index (Phi) is 7.04. The summed E-state index contributed by atoms with van der Waals surface area (Å²) in [5.74, 6) is -0.168. The van der Waals surface area contributed by atoms with Crippen LogP contribution in [-0.4, -0.2) is 17.6 Å². The Balaban J connectivity index is 2.11. The molecule has 1 amide bonds. The van der Waals surface area contributed by atoms with Gasteiger partial charge in [-0.05, 0) is 49.0 Å². The fourth-order valence-electron chi connectivity index (χ4n) is 2.11. The van der Waals surface area contributed by atoms with Gasteiger partial charge in [-0.15, -0.1) is 0 Å².